The first-order chi connectivity index (χ1) is 8.29. The summed E-state index contributed by atoms with van der Waals surface area (Å²) in [7, 11) is 1.91. The van der Waals surface area contributed by atoms with Gasteiger partial charge in [0.2, 0.25) is 0 Å². The number of likely N-dealkylation sites (N-methyl/N-ethyl adjacent to an activating group) is 1. The lowest BCUT2D eigenvalue weighted by molar-refractivity contribution is 0.585. The molecule has 2 nitrogen and oxygen atoms in total. The molecule has 1 atom stereocenters. The Labute approximate surface area is 101 Å². The summed E-state index contributed by atoms with van der Waals surface area (Å²) in [4.78, 5) is 3.99. The third-order valence-electron chi connectivity index (χ3n) is 2.81. The molecule has 0 radical (unpaired) electrons. The quantitative estimate of drug-likeness (QED) is 0.873. The van der Waals surface area contributed by atoms with E-state index in [2.05, 4.69) is 10.3 Å². The van der Waals surface area contributed by atoms with E-state index in [0.717, 1.165) is 12.0 Å². The van der Waals surface area contributed by atoms with Crippen molar-refractivity contribution >= 4 is 0 Å². The van der Waals surface area contributed by atoms with E-state index in [0.29, 0.717) is 0 Å². The highest BCUT2D eigenvalue weighted by Crippen LogP contribution is 2.18. The molecule has 1 heterocycles. The van der Waals surface area contributed by atoms with Crippen molar-refractivity contribution in [2.24, 2.45) is 0 Å². The fourth-order valence-corrected chi connectivity index (χ4v) is 1.84. The average molecular weight is 230 g/mol. The summed E-state index contributed by atoms with van der Waals surface area (Å²) >= 11 is 0. The van der Waals surface area contributed by atoms with Gasteiger partial charge in [-0.15, -0.1) is 0 Å². The van der Waals surface area contributed by atoms with Crippen LogP contribution in [0.4, 0.5) is 4.39 Å². The standard InChI is InChI=1S/C14H15FN2/c1-16-14(10-11-6-8-17-9-7-11)12-2-4-13(15)5-3-12/h2-9,14,16H,10H2,1H3. The minimum absolute atomic E-state index is 0.193. The van der Waals surface area contributed by atoms with Gasteiger partial charge in [0, 0.05) is 18.4 Å². The van der Waals surface area contributed by atoms with E-state index < -0.39 is 0 Å². The first kappa shape index (κ1) is 11.7. The molecule has 2 aromatic rings. The van der Waals surface area contributed by atoms with Gasteiger partial charge in [0.25, 0.3) is 0 Å². The van der Waals surface area contributed by atoms with Gasteiger partial charge in [0.15, 0.2) is 0 Å². The topological polar surface area (TPSA) is 24.9 Å². The van der Waals surface area contributed by atoms with Crippen LogP contribution in [0.25, 0.3) is 0 Å². The number of halogens is 1. The molecule has 88 valence electrons. The molecule has 1 unspecified atom stereocenters. The molecule has 0 bridgehead atoms. The molecule has 0 saturated carbocycles. The Morgan fingerprint density at radius 2 is 1.76 bits per heavy atom. The molecule has 0 aliphatic heterocycles. The summed E-state index contributed by atoms with van der Waals surface area (Å²) in [6.45, 7) is 0. The largest absolute Gasteiger partial charge is 0.313 e. The van der Waals surface area contributed by atoms with E-state index >= 15 is 0 Å². The van der Waals surface area contributed by atoms with Gasteiger partial charge in [0.1, 0.15) is 5.82 Å². The third kappa shape index (κ3) is 3.11. The van der Waals surface area contributed by atoms with Gasteiger partial charge in [-0.2, -0.15) is 0 Å². The fourth-order valence-electron chi connectivity index (χ4n) is 1.84. The van der Waals surface area contributed by atoms with Gasteiger partial charge >= 0.3 is 0 Å². The summed E-state index contributed by atoms with van der Waals surface area (Å²) in [6, 6.07) is 10.8. The second kappa shape index (κ2) is 5.55. The van der Waals surface area contributed by atoms with Gasteiger partial charge in [-0.25, -0.2) is 4.39 Å². The minimum atomic E-state index is -0.201. The van der Waals surface area contributed by atoms with Crippen molar-refractivity contribution in [2.75, 3.05) is 7.05 Å². The number of hydrogen-bond donors (Lipinski definition) is 1. The number of aromatic nitrogens is 1. The molecule has 0 aliphatic rings. The maximum atomic E-state index is 12.9. The highest BCUT2D eigenvalue weighted by atomic mass is 19.1. The van der Waals surface area contributed by atoms with E-state index in [1.807, 2.05) is 31.3 Å². The number of hydrogen-bond acceptors (Lipinski definition) is 2. The average Bonchev–Trinajstić information content (AvgIpc) is 2.38. The Balaban J connectivity index is 2.14. The van der Waals surface area contributed by atoms with Crippen molar-refractivity contribution in [3.8, 4) is 0 Å². The molecule has 1 N–H and O–H groups in total. The molecule has 0 fully saturated rings. The Bertz CT molecular complexity index is 453. The first-order valence-corrected chi connectivity index (χ1v) is 5.61. The summed E-state index contributed by atoms with van der Waals surface area (Å²) in [6.07, 6.45) is 4.43. The SMILES string of the molecule is CNC(Cc1ccncc1)c1ccc(F)cc1. The van der Waals surface area contributed by atoms with Crippen molar-refractivity contribution < 1.29 is 4.39 Å². The van der Waals surface area contributed by atoms with Gasteiger partial charge in [-0.1, -0.05) is 12.1 Å². The zero-order chi connectivity index (χ0) is 12.1. The maximum absolute atomic E-state index is 12.9. The van der Waals surface area contributed by atoms with Crippen LogP contribution in [0, 0.1) is 5.82 Å². The van der Waals surface area contributed by atoms with E-state index in [4.69, 9.17) is 0 Å². The molecule has 0 spiro atoms. The lowest BCUT2D eigenvalue weighted by atomic mass is 10.00. The number of benzene rings is 1. The minimum Gasteiger partial charge on any atom is -0.313 e. The van der Waals surface area contributed by atoms with Crippen LogP contribution in [-0.2, 0) is 6.42 Å². The number of nitrogens with zero attached hydrogens (tertiary/aromatic N) is 1. The second-order valence-electron chi connectivity index (χ2n) is 3.95. The monoisotopic (exact) mass is 230 g/mol. The molecule has 0 saturated heterocycles. The van der Waals surface area contributed by atoms with Crippen molar-refractivity contribution in [1.29, 1.82) is 0 Å². The van der Waals surface area contributed by atoms with Crippen LogP contribution >= 0.6 is 0 Å². The number of pyridine rings is 1. The van der Waals surface area contributed by atoms with Gasteiger partial charge in [-0.3, -0.25) is 4.98 Å². The first-order valence-electron chi connectivity index (χ1n) is 5.61. The zero-order valence-electron chi connectivity index (χ0n) is 9.73. The summed E-state index contributed by atoms with van der Waals surface area (Å²) < 4.78 is 12.9. The predicted molar refractivity (Wildman–Crippen MR) is 66.1 cm³/mol. The molecule has 3 heteroatoms. The van der Waals surface area contributed by atoms with Crippen LogP contribution in [0.2, 0.25) is 0 Å². The fraction of sp³-hybridized carbons (Fsp3) is 0.214. The highest BCUT2D eigenvalue weighted by molar-refractivity contribution is 5.23. The summed E-state index contributed by atoms with van der Waals surface area (Å²) in [5.41, 5.74) is 2.30. The smallest absolute Gasteiger partial charge is 0.123 e. The van der Waals surface area contributed by atoms with E-state index in [1.165, 1.54) is 17.7 Å². The lowest BCUT2D eigenvalue weighted by Crippen LogP contribution is -2.18. The third-order valence-corrected chi connectivity index (χ3v) is 2.81. The van der Waals surface area contributed by atoms with Crippen LogP contribution in [0.3, 0.4) is 0 Å². The molecule has 2 rings (SSSR count). The van der Waals surface area contributed by atoms with Crippen molar-refractivity contribution in [2.45, 2.75) is 12.5 Å². The van der Waals surface area contributed by atoms with Crippen molar-refractivity contribution in [3.05, 3.63) is 65.7 Å². The van der Waals surface area contributed by atoms with E-state index in [1.54, 1.807) is 12.4 Å². The van der Waals surface area contributed by atoms with Gasteiger partial charge in [-0.05, 0) is 48.9 Å². The molecule has 1 aromatic carbocycles. The molecule has 17 heavy (non-hydrogen) atoms. The van der Waals surface area contributed by atoms with E-state index in [9.17, 15) is 4.39 Å². The summed E-state index contributed by atoms with van der Waals surface area (Å²) in [5.74, 6) is -0.201. The van der Waals surface area contributed by atoms with Crippen LogP contribution in [-0.4, -0.2) is 12.0 Å². The Morgan fingerprint density at radius 1 is 1.12 bits per heavy atom. The number of rotatable bonds is 4. The molecular weight excluding hydrogens is 215 g/mol. The number of nitrogens with one attached hydrogen (secondary N) is 1. The van der Waals surface area contributed by atoms with Crippen LogP contribution in [0.15, 0.2) is 48.8 Å². The van der Waals surface area contributed by atoms with Gasteiger partial charge in [0.05, 0.1) is 0 Å². The van der Waals surface area contributed by atoms with Crippen molar-refractivity contribution in [1.82, 2.24) is 10.3 Å². The molecule has 0 aliphatic carbocycles. The van der Waals surface area contributed by atoms with Crippen LogP contribution < -0.4 is 5.32 Å². The second-order valence-corrected chi connectivity index (χ2v) is 3.95. The highest BCUT2D eigenvalue weighted by Gasteiger charge is 2.09. The summed E-state index contributed by atoms with van der Waals surface area (Å²) in [5, 5.41) is 3.24. The molecule has 0 amide bonds. The zero-order valence-corrected chi connectivity index (χ0v) is 9.73. The maximum Gasteiger partial charge on any atom is 0.123 e. The van der Waals surface area contributed by atoms with E-state index in [-0.39, 0.29) is 11.9 Å². The molecule has 1 aromatic heterocycles. The van der Waals surface area contributed by atoms with Gasteiger partial charge < -0.3 is 5.32 Å². The normalized spacial score (nSPS) is 12.4. The molecular formula is C14H15FN2. The predicted octanol–water partition coefficient (Wildman–Crippen LogP) is 2.72. The Morgan fingerprint density at radius 3 is 2.35 bits per heavy atom. The van der Waals surface area contributed by atoms with Crippen molar-refractivity contribution in [3.63, 3.8) is 0 Å². The lowest BCUT2D eigenvalue weighted by Gasteiger charge is -2.16. The van der Waals surface area contributed by atoms with Crippen LogP contribution in [0.1, 0.15) is 17.2 Å². The Hall–Kier alpha value is -1.74. The van der Waals surface area contributed by atoms with Crippen LogP contribution in [0.5, 0.6) is 0 Å². The Kier molecular flexibility index (Phi) is 3.83.